The molecule has 7 nitrogen and oxygen atoms in total. The van der Waals surface area contributed by atoms with Crippen molar-refractivity contribution in [3.05, 3.63) is 69.2 Å². The quantitative estimate of drug-likeness (QED) is 0.368. The number of para-hydroxylation sites is 2. The third kappa shape index (κ3) is 5.18. The highest BCUT2D eigenvalue weighted by Gasteiger charge is 2.26. The summed E-state index contributed by atoms with van der Waals surface area (Å²) in [6.07, 6.45) is 0.866. The van der Waals surface area contributed by atoms with Crippen molar-refractivity contribution in [3.63, 3.8) is 0 Å². The van der Waals surface area contributed by atoms with E-state index >= 15 is 0 Å². The van der Waals surface area contributed by atoms with Crippen molar-refractivity contribution >= 4 is 16.5 Å². The fourth-order valence-corrected chi connectivity index (χ4v) is 4.51. The molecule has 32 heavy (non-hydrogen) atoms. The van der Waals surface area contributed by atoms with Crippen LogP contribution in [0, 0.1) is 0 Å². The summed E-state index contributed by atoms with van der Waals surface area (Å²) in [6, 6.07) is 15.3. The standard InChI is InChI=1S/C23H28N4O3.2ClH/c1-24-22(28)18-8-3-4-9-19(18)23(29)27(24)13-7-12-25-14-16-26(17-15-25)20-10-5-6-11-21(20)30-2;;/h3-6,8-11H,7,12-17H2,1-2H3;2*1H. The number of benzene rings is 2. The number of nitrogens with zero attached hydrogens (tertiary/aromatic N) is 2. The molecule has 0 amide bonds. The van der Waals surface area contributed by atoms with Crippen LogP contribution in [0.15, 0.2) is 58.1 Å². The molecule has 0 bridgehead atoms. The first kappa shape index (κ1) is 25.9. The fraction of sp³-hybridized carbons (Fsp3) is 0.391. The summed E-state index contributed by atoms with van der Waals surface area (Å²) >= 11 is 0. The van der Waals surface area contributed by atoms with Crippen molar-refractivity contribution in [1.29, 1.82) is 0 Å². The van der Waals surface area contributed by atoms with Gasteiger partial charge < -0.3 is 34.5 Å². The molecule has 4 rings (SSSR count). The second kappa shape index (κ2) is 11.5. The lowest BCUT2D eigenvalue weighted by Crippen LogP contribution is -3.26. The van der Waals surface area contributed by atoms with Gasteiger partial charge in [0.15, 0.2) is 11.4 Å². The average molecular weight is 481 g/mol. The number of hydrogen-bond acceptors (Lipinski definition) is 3. The van der Waals surface area contributed by atoms with E-state index in [0.29, 0.717) is 17.3 Å². The Kier molecular flexibility index (Phi) is 9.33. The third-order valence-corrected chi connectivity index (χ3v) is 6.23. The smallest absolute Gasteiger partial charge is 0.273 e. The number of piperazine rings is 1. The minimum absolute atomic E-state index is 0. The maximum Gasteiger partial charge on any atom is 0.273 e. The predicted octanol–water partition coefficient (Wildman–Crippen LogP) is -6.78. The van der Waals surface area contributed by atoms with Crippen LogP contribution in [0.4, 0.5) is 5.69 Å². The highest BCUT2D eigenvalue weighted by atomic mass is 35.5. The highest BCUT2D eigenvalue weighted by molar-refractivity contribution is 5.80. The first-order valence-electron chi connectivity index (χ1n) is 10.6. The molecule has 0 saturated carbocycles. The Hall–Kier alpha value is -2.32. The van der Waals surface area contributed by atoms with E-state index < -0.39 is 0 Å². The second-order valence-corrected chi connectivity index (χ2v) is 7.96. The van der Waals surface area contributed by atoms with Gasteiger partial charge in [-0.15, -0.1) is 0 Å². The van der Waals surface area contributed by atoms with Crippen LogP contribution < -0.4 is 50.5 Å². The van der Waals surface area contributed by atoms with Crippen LogP contribution in [0.3, 0.4) is 0 Å². The first-order chi connectivity index (χ1) is 14.6. The van der Waals surface area contributed by atoms with Gasteiger partial charge in [-0.1, -0.05) is 24.3 Å². The molecule has 1 aromatic heterocycles. The van der Waals surface area contributed by atoms with Gasteiger partial charge in [0.1, 0.15) is 26.2 Å². The molecule has 1 fully saturated rings. The first-order valence-corrected chi connectivity index (χ1v) is 10.6. The molecule has 0 radical (unpaired) electrons. The van der Waals surface area contributed by atoms with Crippen LogP contribution in [0.25, 0.3) is 10.8 Å². The summed E-state index contributed by atoms with van der Waals surface area (Å²) in [7, 11) is 3.40. The Bertz CT molecular complexity index is 1150. The molecule has 1 saturated heterocycles. The van der Waals surface area contributed by atoms with Crippen LogP contribution in [0.1, 0.15) is 6.42 Å². The second-order valence-electron chi connectivity index (χ2n) is 7.96. The summed E-state index contributed by atoms with van der Waals surface area (Å²) in [5.74, 6) is 0.951. The Labute approximate surface area is 200 Å². The lowest BCUT2D eigenvalue weighted by Gasteiger charge is -2.30. The number of halogens is 2. The zero-order chi connectivity index (χ0) is 21.1. The van der Waals surface area contributed by atoms with Crippen molar-refractivity contribution in [3.8, 4) is 5.75 Å². The Morgan fingerprint density at radius 3 is 2.12 bits per heavy atom. The van der Waals surface area contributed by atoms with Gasteiger partial charge in [0.25, 0.3) is 11.1 Å². The largest absolute Gasteiger partial charge is 1.00 e. The van der Waals surface area contributed by atoms with Gasteiger partial charge >= 0.3 is 0 Å². The lowest BCUT2D eigenvalue weighted by molar-refractivity contribution is -0.986. The summed E-state index contributed by atoms with van der Waals surface area (Å²) in [4.78, 5) is 28.4. The minimum atomic E-state index is -0.119. The molecule has 3 aromatic rings. The summed E-state index contributed by atoms with van der Waals surface area (Å²) < 4.78 is 8.56. The zero-order valence-corrected chi connectivity index (χ0v) is 20.0. The predicted molar refractivity (Wildman–Crippen MR) is 117 cm³/mol. The van der Waals surface area contributed by atoms with Crippen molar-refractivity contribution in [2.75, 3.05) is 39.8 Å². The molecule has 9 heteroatoms. The van der Waals surface area contributed by atoms with Crippen LogP contribution >= 0.6 is 0 Å². The molecule has 2 N–H and O–H groups in total. The number of rotatable bonds is 6. The van der Waals surface area contributed by atoms with Crippen molar-refractivity contribution in [2.45, 2.75) is 13.0 Å². The Morgan fingerprint density at radius 1 is 0.875 bits per heavy atom. The van der Waals surface area contributed by atoms with E-state index in [1.165, 1.54) is 15.3 Å². The Morgan fingerprint density at radius 2 is 1.47 bits per heavy atom. The van der Waals surface area contributed by atoms with E-state index in [9.17, 15) is 9.59 Å². The molecular weight excluding hydrogens is 451 g/mol. The maximum atomic E-state index is 12.8. The van der Waals surface area contributed by atoms with E-state index in [2.05, 4.69) is 12.1 Å². The molecule has 0 aliphatic carbocycles. The summed E-state index contributed by atoms with van der Waals surface area (Å²) in [6.45, 7) is 5.83. The van der Waals surface area contributed by atoms with Gasteiger partial charge in [-0.25, -0.2) is 4.68 Å². The van der Waals surface area contributed by atoms with E-state index in [1.54, 1.807) is 48.0 Å². The van der Waals surface area contributed by atoms with E-state index in [4.69, 9.17) is 4.74 Å². The van der Waals surface area contributed by atoms with Crippen LogP contribution in [-0.2, 0) is 13.6 Å². The van der Waals surface area contributed by atoms with E-state index in [1.807, 2.05) is 12.1 Å². The lowest BCUT2D eigenvalue weighted by atomic mass is 10.2. The average Bonchev–Trinajstić information content (AvgIpc) is 2.80. The molecule has 2 aromatic carbocycles. The van der Waals surface area contributed by atoms with Gasteiger partial charge in [-0.3, -0.25) is 19.2 Å². The molecular formula is C23H30Cl2N4O3. The summed E-state index contributed by atoms with van der Waals surface area (Å²) in [5, 5.41) is 0.990. The van der Waals surface area contributed by atoms with Gasteiger partial charge in [0.2, 0.25) is 0 Å². The number of ether oxygens (including phenoxy) is 1. The molecule has 0 atom stereocenters. The minimum Gasteiger partial charge on any atom is -1.00 e. The fourth-order valence-electron chi connectivity index (χ4n) is 4.51. The molecule has 2 heterocycles. The van der Waals surface area contributed by atoms with Crippen LogP contribution in [-0.4, -0.2) is 49.2 Å². The summed E-state index contributed by atoms with van der Waals surface area (Å²) in [5.41, 5.74) is 1.02. The SMILES string of the molecule is COc1ccccc1[NH+]1CC[NH+](CCCn2c(=O)c3ccccc3c(=O)n2C)CC1.[Cl-].[Cl-]. The molecule has 174 valence electrons. The number of nitrogens with one attached hydrogen (secondary N) is 2. The van der Waals surface area contributed by atoms with Gasteiger partial charge in [0.05, 0.1) is 24.4 Å². The molecule has 0 spiro atoms. The molecule has 1 aliphatic rings. The topological polar surface area (TPSA) is 62.1 Å². The number of fused-ring (bicyclic) bond motifs is 1. The van der Waals surface area contributed by atoms with Crippen molar-refractivity contribution in [1.82, 2.24) is 9.36 Å². The highest BCUT2D eigenvalue weighted by Crippen LogP contribution is 2.18. The normalized spacial score (nSPS) is 17.9. The van der Waals surface area contributed by atoms with E-state index in [0.717, 1.165) is 44.9 Å². The van der Waals surface area contributed by atoms with Gasteiger partial charge in [0, 0.05) is 26.1 Å². The van der Waals surface area contributed by atoms with E-state index in [-0.39, 0.29) is 35.9 Å². The number of aromatic nitrogens is 2. The zero-order valence-electron chi connectivity index (χ0n) is 18.4. The van der Waals surface area contributed by atoms with Crippen molar-refractivity contribution in [2.24, 2.45) is 7.05 Å². The molecule has 1 aliphatic heterocycles. The number of quaternary nitrogens is 2. The van der Waals surface area contributed by atoms with Gasteiger partial charge in [-0.05, 0) is 18.2 Å². The maximum absolute atomic E-state index is 12.8. The number of hydrogen-bond donors (Lipinski definition) is 2. The molecule has 0 unspecified atom stereocenters. The third-order valence-electron chi connectivity index (χ3n) is 6.23. The monoisotopic (exact) mass is 480 g/mol. The van der Waals surface area contributed by atoms with Gasteiger partial charge in [-0.2, -0.15) is 0 Å². The van der Waals surface area contributed by atoms with Crippen molar-refractivity contribution < 1.29 is 39.4 Å². The number of methoxy groups -OCH3 is 1. The Balaban J connectivity index is 0.00000181. The van der Waals surface area contributed by atoms with Crippen LogP contribution in [0.5, 0.6) is 5.75 Å². The van der Waals surface area contributed by atoms with Crippen LogP contribution in [0.2, 0.25) is 0 Å².